The van der Waals surface area contributed by atoms with E-state index in [1.165, 1.54) is 4.70 Å². The van der Waals surface area contributed by atoms with Crippen molar-refractivity contribution in [2.24, 2.45) is 0 Å². The summed E-state index contributed by atoms with van der Waals surface area (Å²) in [6.07, 6.45) is 0. The van der Waals surface area contributed by atoms with Gasteiger partial charge < -0.3 is 4.42 Å². The lowest BCUT2D eigenvalue weighted by Gasteiger charge is -2.01. The first kappa shape index (κ1) is 11.6. The molecule has 0 unspecified atom stereocenters. The zero-order valence-corrected chi connectivity index (χ0v) is 12.0. The number of aromatic nitrogens is 2. The number of thiazole rings is 1. The molecule has 0 saturated heterocycles. The van der Waals surface area contributed by atoms with Gasteiger partial charge in [-0.3, -0.25) is 0 Å². The molecule has 0 atom stereocenters. The van der Waals surface area contributed by atoms with Crippen LogP contribution in [0.2, 0.25) is 0 Å². The molecule has 0 bridgehead atoms. The second kappa shape index (κ2) is 4.15. The molecule has 0 fully saturated rings. The quantitative estimate of drug-likeness (QED) is 0.506. The van der Waals surface area contributed by atoms with Crippen molar-refractivity contribution in [3.05, 3.63) is 47.3 Å². The topological polar surface area (TPSA) is 38.9 Å². The van der Waals surface area contributed by atoms with Gasteiger partial charge in [0.2, 0.25) is 0 Å². The van der Waals surface area contributed by atoms with E-state index < -0.39 is 0 Å². The molecule has 0 aliphatic heterocycles. The van der Waals surface area contributed by atoms with Crippen LogP contribution in [-0.4, -0.2) is 9.97 Å². The number of aryl methyl sites for hydroxylation is 2. The van der Waals surface area contributed by atoms with Gasteiger partial charge in [-0.2, -0.15) is 0 Å². The van der Waals surface area contributed by atoms with Crippen molar-refractivity contribution in [3.8, 4) is 11.1 Å². The highest BCUT2D eigenvalue weighted by Crippen LogP contribution is 2.32. The minimum absolute atomic E-state index is 0.693. The maximum Gasteiger partial charge on any atom is 0.192 e. The predicted octanol–water partition coefficient (Wildman–Crippen LogP) is 4.72. The van der Waals surface area contributed by atoms with Crippen molar-refractivity contribution in [3.63, 3.8) is 0 Å². The first-order valence-corrected chi connectivity index (χ1v) is 7.26. The first-order chi connectivity index (χ1) is 9.70. The Balaban J connectivity index is 2.00. The molecule has 20 heavy (non-hydrogen) atoms. The lowest BCUT2D eigenvalue weighted by atomic mass is 10.0. The number of benzene rings is 2. The van der Waals surface area contributed by atoms with E-state index in [-0.39, 0.29) is 0 Å². The fraction of sp³-hybridized carbons (Fsp3) is 0.125. The Labute approximate surface area is 119 Å². The molecule has 4 aromatic rings. The van der Waals surface area contributed by atoms with Gasteiger partial charge in [-0.25, -0.2) is 9.97 Å². The smallest absolute Gasteiger partial charge is 0.192 e. The Hall–Kier alpha value is -2.20. The molecular weight excluding hydrogens is 268 g/mol. The van der Waals surface area contributed by atoms with Crippen LogP contribution in [0.5, 0.6) is 0 Å². The Bertz CT molecular complexity index is 936. The largest absolute Gasteiger partial charge is 0.441 e. The van der Waals surface area contributed by atoms with E-state index in [2.05, 4.69) is 34.2 Å². The highest BCUT2D eigenvalue weighted by Gasteiger charge is 2.10. The molecular formula is C16H12N2OS. The van der Waals surface area contributed by atoms with Crippen molar-refractivity contribution in [2.45, 2.75) is 13.8 Å². The highest BCUT2D eigenvalue weighted by atomic mass is 32.1. The highest BCUT2D eigenvalue weighted by molar-refractivity contribution is 7.18. The monoisotopic (exact) mass is 280 g/mol. The molecule has 0 amide bonds. The summed E-state index contributed by atoms with van der Waals surface area (Å²) < 4.78 is 6.81. The molecule has 4 heteroatoms. The summed E-state index contributed by atoms with van der Waals surface area (Å²) in [7, 11) is 0. The summed E-state index contributed by atoms with van der Waals surface area (Å²) in [5.74, 6) is 0.693. The number of fused-ring (bicyclic) bond motifs is 2. The molecule has 2 aromatic heterocycles. The van der Waals surface area contributed by atoms with Gasteiger partial charge in [0.05, 0.1) is 15.2 Å². The van der Waals surface area contributed by atoms with Crippen molar-refractivity contribution >= 4 is 32.7 Å². The standard InChI is InChI=1S/C16H12N2OS/c1-9-17-16-12(4-3-5-14(16)19-9)11-6-7-15-13(8-11)18-10(2)20-15/h3-8H,1-2H3. The lowest BCUT2D eigenvalue weighted by Crippen LogP contribution is -1.81. The molecule has 0 radical (unpaired) electrons. The third-order valence-electron chi connectivity index (χ3n) is 3.33. The second-order valence-electron chi connectivity index (χ2n) is 4.80. The minimum Gasteiger partial charge on any atom is -0.441 e. The minimum atomic E-state index is 0.693. The van der Waals surface area contributed by atoms with E-state index in [1.807, 2.05) is 26.0 Å². The van der Waals surface area contributed by atoms with Gasteiger partial charge in [-0.05, 0) is 30.7 Å². The summed E-state index contributed by atoms with van der Waals surface area (Å²) in [4.78, 5) is 9.05. The van der Waals surface area contributed by atoms with Crippen LogP contribution in [-0.2, 0) is 0 Å². The van der Waals surface area contributed by atoms with Crippen LogP contribution in [0, 0.1) is 13.8 Å². The van der Waals surface area contributed by atoms with Crippen LogP contribution in [0.3, 0.4) is 0 Å². The Morgan fingerprint density at radius 2 is 1.95 bits per heavy atom. The van der Waals surface area contributed by atoms with Gasteiger partial charge in [0.15, 0.2) is 11.5 Å². The summed E-state index contributed by atoms with van der Waals surface area (Å²) in [6, 6.07) is 12.4. The Kier molecular flexibility index (Phi) is 2.41. The molecule has 2 heterocycles. The molecule has 2 aromatic carbocycles. The van der Waals surface area contributed by atoms with Crippen LogP contribution in [0.15, 0.2) is 40.8 Å². The van der Waals surface area contributed by atoms with Gasteiger partial charge in [-0.1, -0.05) is 18.2 Å². The average molecular weight is 280 g/mol. The van der Waals surface area contributed by atoms with Gasteiger partial charge in [0, 0.05) is 12.5 Å². The SMILES string of the molecule is Cc1nc2c(-c3ccc4sc(C)nc4c3)cccc2o1. The molecule has 0 saturated carbocycles. The maximum absolute atomic E-state index is 5.60. The summed E-state index contributed by atoms with van der Waals surface area (Å²) in [5, 5.41) is 1.09. The number of oxazole rings is 1. The first-order valence-electron chi connectivity index (χ1n) is 6.44. The fourth-order valence-electron chi connectivity index (χ4n) is 2.50. The lowest BCUT2D eigenvalue weighted by molar-refractivity contribution is 0.561. The zero-order valence-electron chi connectivity index (χ0n) is 11.2. The van der Waals surface area contributed by atoms with Crippen LogP contribution < -0.4 is 0 Å². The molecule has 0 N–H and O–H groups in total. The van der Waals surface area contributed by atoms with Gasteiger partial charge in [0.1, 0.15) is 5.52 Å². The van der Waals surface area contributed by atoms with E-state index in [1.54, 1.807) is 11.3 Å². The van der Waals surface area contributed by atoms with E-state index >= 15 is 0 Å². The van der Waals surface area contributed by atoms with Gasteiger partial charge >= 0.3 is 0 Å². The summed E-state index contributed by atoms with van der Waals surface area (Å²) >= 11 is 1.72. The zero-order chi connectivity index (χ0) is 13.7. The van der Waals surface area contributed by atoms with E-state index in [4.69, 9.17) is 4.42 Å². The average Bonchev–Trinajstić information content (AvgIpc) is 2.97. The number of hydrogen-bond donors (Lipinski definition) is 0. The predicted molar refractivity (Wildman–Crippen MR) is 82.1 cm³/mol. The normalized spacial score (nSPS) is 11.5. The van der Waals surface area contributed by atoms with Crippen molar-refractivity contribution in [1.29, 1.82) is 0 Å². The third-order valence-corrected chi connectivity index (χ3v) is 4.28. The van der Waals surface area contributed by atoms with Crippen LogP contribution in [0.1, 0.15) is 10.9 Å². The van der Waals surface area contributed by atoms with E-state index in [9.17, 15) is 0 Å². The molecule has 4 rings (SSSR count). The van der Waals surface area contributed by atoms with E-state index in [0.29, 0.717) is 5.89 Å². The molecule has 98 valence electrons. The van der Waals surface area contributed by atoms with E-state index in [0.717, 1.165) is 32.8 Å². The van der Waals surface area contributed by atoms with Crippen molar-refractivity contribution in [1.82, 2.24) is 9.97 Å². The van der Waals surface area contributed by atoms with Gasteiger partial charge in [0.25, 0.3) is 0 Å². The van der Waals surface area contributed by atoms with Crippen LogP contribution in [0.4, 0.5) is 0 Å². The second-order valence-corrected chi connectivity index (χ2v) is 6.04. The molecule has 3 nitrogen and oxygen atoms in total. The van der Waals surface area contributed by atoms with Crippen molar-refractivity contribution < 1.29 is 4.42 Å². The number of nitrogens with zero attached hydrogens (tertiary/aromatic N) is 2. The summed E-state index contributed by atoms with van der Waals surface area (Å²) in [5.41, 5.74) is 5.00. The summed E-state index contributed by atoms with van der Waals surface area (Å²) in [6.45, 7) is 3.91. The van der Waals surface area contributed by atoms with Crippen LogP contribution >= 0.6 is 11.3 Å². The number of rotatable bonds is 1. The molecule has 0 aliphatic carbocycles. The Morgan fingerprint density at radius 1 is 1.05 bits per heavy atom. The van der Waals surface area contributed by atoms with Crippen LogP contribution in [0.25, 0.3) is 32.4 Å². The van der Waals surface area contributed by atoms with Gasteiger partial charge in [-0.15, -0.1) is 11.3 Å². The Morgan fingerprint density at radius 3 is 2.85 bits per heavy atom. The molecule has 0 aliphatic rings. The third kappa shape index (κ3) is 1.72. The molecule has 0 spiro atoms. The number of hydrogen-bond acceptors (Lipinski definition) is 4. The fourth-order valence-corrected chi connectivity index (χ4v) is 3.31. The van der Waals surface area contributed by atoms with Crippen molar-refractivity contribution in [2.75, 3.05) is 0 Å². The maximum atomic E-state index is 5.60. The number of para-hydroxylation sites is 1.